The maximum atomic E-state index is 13.8. The summed E-state index contributed by atoms with van der Waals surface area (Å²) in [6.07, 6.45) is 0.500. The van der Waals surface area contributed by atoms with Gasteiger partial charge in [-0.1, -0.05) is 12.1 Å². The number of thiophene rings is 1. The molecule has 4 rings (SSSR count). The molecule has 1 amide bonds. The van der Waals surface area contributed by atoms with Gasteiger partial charge in [0.2, 0.25) is 5.91 Å². The number of ether oxygens (including phenoxy) is 3. The summed E-state index contributed by atoms with van der Waals surface area (Å²) < 4.78 is 16.0. The van der Waals surface area contributed by atoms with Gasteiger partial charge in [-0.3, -0.25) is 14.4 Å². The third kappa shape index (κ3) is 3.90. The second-order valence-electron chi connectivity index (χ2n) is 7.73. The molecule has 8 heteroatoms. The summed E-state index contributed by atoms with van der Waals surface area (Å²) in [4.78, 5) is 40.2. The van der Waals surface area contributed by atoms with E-state index >= 15 is 0 Å². The van der Waals surface area contributed by atoms with E-state index in [4.69, 9.17) is 14.2 Å². The smallest absolute Gasteiger partial charge is 0.317 e. The third-order valence-corrected chi connectivity index (χ3v) is 6.99. The summed E-state index contributed by atoms with van der Waals surface area (Å²) in [6, 6.07) is 9.17. The van der Waals surface area contributed by atoms with Gasteiger partial charge < -0.3 is 19.5 Å². The van der Waals surface area contributed by atoms with Crippen molar-refractivity contribution in [3.8, 4) is 11.5 Å². The van der Waals surface area contributed by atoms with Crippen molar-refractivity contribution in [3.05, 3.63) is 57.4 Å². The largest absolute Gasteiger partial charge is 0.493 e. The lowest BCUT2D eigenvalue weighted by atomic mass is 9.69. The number of carbonyl (C=O) groups is 3. The molecule has 0 spiro atoms. The molecule has 0 radical (unpaired) electrons. The molecule has 2 aromatic rings. The molecule has 1 N–H and O–H groups in total. The van der Waals surface area contributed by atoms with Gasteiger partial charge in [-0.15, -0.1) is 11.3 Å². The molecule has 2 heterocycles. The average molecular weight is 456 g/mol. The normalized spacial score (nSPS) is 22.8. The summed E-state index contributed by atoms with van der Waals surface area (Å²) >= 11 is 1.49. The van der Waals surface area contributed by atoms with Crippen LogP contribution in [0.4, 0.5) is 0 Å². The number of benzene rings is 1. The van der Waals surface area contributed by atoms with E-state index in [0.29, 0.717) is 29.2 Å². The number of Topliss-reactive ketones (excluding diaryl/α,β-unsaturated/α-hetero) is 1. The minimum atomic E-state index is -0.940. The van der Waals surface area contributed by atoms with Crippen LogP contribution in [0.1, 0.15) is 42.0 Å². The van der Waals surface area contributed by atoms with Crippen LogP contribution >= 0.6 is 11.3 Å². The predicted molar refractivity (Wildman–Crippen MR) is 119 cm³/mol. The van der Waals surface area contributed by atoms with Gasteiger partial charge in [-0.05, 0) is 42.5 Å². The quantitative estimate of drug-likeness (QED) is 0.529. The number of methoxy groups -OCH3 is 2. The van der Waals surface area contributed by atoms with E-state index in [1.54, 1.807) is 26.2 Å². The minimum Gasteiger partial charge on any atom is -0.493 e. The fourth-order valence-corrected chi connectivity index (χ4v) is 5.44. The number of carbonyl (C=O) groups excluding carboxylic acids is 3. The topological polar surface area (TPSA) is 90.9 Å². The van der Waals surface area contributed by atoms with E-state index < -0.39 is 17.8 Å². The highest BCUT2D eigenvalue weighted by molar-refractivity contribution is 7.10. The second kappa shape index (κ2) is 9.16. The molecule has 2 aliphatic rings. The highest BCUT2D eigenvalue weighted by Gasteiger charge is 2.48. The Morgan fingerprint density at radius 1 is 1.12 bits per heavy atom. The second-order valence-corrected chi connectivity index (χ2v) is 8.71. The summed E-state index contributed by atoms with van der Waals surface area (Å²) in [5, 5.41) is 4.81. The van der Waals surface area contributed by atoms with Gasteiger partial charge in [-0.25, -0.2) is 0 Å². The first kappa shape index (κ1) is 22.1. The highest BCUT2D eigenvalue weighted by Crippen LogP contribution is 2.47. The molecule has 1 aliphatic heterocycles. The van der Waals surface area contributed by atoms with Gasteiger partial charge in [0.1, 0.15) is 5.92 Å². The van der Waals surface area contributed by atoms with E-state index in [1.165, 1.54) is 18.4 Å². The number of hydrogen-bond donors (Lipinski definition) is 1. The maximum absolute atomic E-state index is 13.8. The molecule has 0 fully saturated rings. The Morgan fingerprint density at radius 2 is 1.91 bits per heavy atom. The van der Waals surface area contributed by atoms with Crippen molar-refractivity contribution < 1.29 is 28.6 Å². The first-order chi connectivity index (χ1) is 15.5. The van der Waals surface area contributed by atoms with E-state index in [0.717, 1.165) is 10.4 Å². The summed E-state index contributed by atoms with van der Waals surface area (Å²) in [7, 11) is 3.08. The monoisotopic (exact) mass is 455 g/mol. The minimum absolute atomic E-state index is 0.110. The Hall–Kier alpha value is -3.13. The molecule has 168 valence electrons. The van der Waals surface area contributed by atoms with Crippen LogP contribution in [-0.4, -0.2) is 38.5 Å². The highest BCUT2D eigenvalue weighted by atomic mass is 32.1. The average Bonchev–Trinajstić information content (AvgIpc) is 3.32. The number of hydrogen-bond acceptors (Lipinski definition) is 7. The van der Waals surface area contributed by atoms with Crippen LogP contribution < -0.4 is 14.8 Å². The molecule has 0 saturated heterocycles. The Morgan fingerprint density at radius 3 is 2.56 bits per heavy atom. The molecule has 7 nitrogen and oxygen atoms in total. The van der Waals surface area contributed by atoms with Crippen molar-refractivity contribution in [2.24, 2.45) is 5.92 Å². The molecule has 0 saturated carbocycles. The first-order valence-corrected chi connectivity index (χ1v) is 11.4. The maximum Gasteiger partial charge on any atom is 0.317 e. The fraction of sp³-hybridized carbons (Fsp3) is 0.375. The number of esters is 1. The van der Waals surface area contributed by atoms with Crippen LogP contribution in [0.15, 0.2) is 47.0 Å². The van der Waals surface area contributed by atoms with Gasteiger partial charge in [0, 0.05) is 34.4 Å². The Balaban J connectivity index is 1.81. The van der Waals surface area contributed by atoms with Gasteiger partial charge in [0.05, 0.1) is 20.8 Å². The molecule has 3 unspecified atom stereocenters. The molecule has 3 atom stereocenters. The summed E-state index contributed by atoms with van der Waals surface area (Å²) in [6.45, 7) is 1.92. The van der Waals surface area contributed by atoms with E-state index in [2.05, 4.69) is 5.32 Å². The van der Waals surface area contributed by atoms with Gasteiger partial charge in [0.15, 0.2) is 17.3 Å². The van der Waals surface area contributed by atoms with Crippen LogP contribution in [0.5, 0.6) is 11.5 Å². The van der Waals surface area contributed by atoms with Crippen LogP contribution in [0, 0.1) is 5.92 Å². The SMILES string of the molecule is CCOC(=O)C1C(=O)C2=C(CC1c1cccs1)NC(=O)CC2c1ccc(OC)c(OC)c1. The lowest BCUT2D eigenvalue weighted by molar-refractivity contribution is -0.152. The Kier molecular flexibility index (Phi) is 6.32. The molecule has 32 heavy (non-hydrogen) atoms. The molecule has 1 aromatic heterocycles. The van der Waals surface area contributed by atoms with Crippen molar-refractivity contribution in [1.29, 1.82) is 0 Å². The molecule has 0 bridgehead atoms. The summed E-state index contributed by atoms with van der Waals surface area (Å²) in [5.41, 5.74) is 1.82. The fourth-order valence-electron chi connectivity index (χ4n) is 4.58. The Labute approximate surface area is 190 Å². The number of nitrogens with one attached hydrogen (secondary N) is 1. The first-order valence-electron chi connectivity index (χ1n) is 10.5. The zero-order valence-electron chi connectivity index (χ0n) is 18.2. The van der Waals surface area contributed by atoms with Crippen molar-refractivity contribution in [1.82, 2.24) is 5.32 Å². The number of rotatable bonds is 6. The van der Waals surface area contributed by atoms with Crippen molar-refractivity contribution in [3.63, 3.8) is 0 Å². The van der Waals surface area contributed by atoms with Crippen molar-refractivity contribution in [2.75, 3.05) is 20.8 Å². The van der Waals surface area contributed by atoms with E-state index in [1.807, 2.05) is 23.6 Å². The third-order valence-electron chi connectivity index (χ3n) is 5.99. The molecule has 1 aliphatic carbocycles. The van der Waals surface area contributed by atoms with Crippen LogP contribution in [0.2, 0.25) is 0 Å². The molecular weight excluding hydrogens is 430 g/mol. The zero-order valence-corrected chi connectivity index (χ0v) is 19.0. The number of ketones is 1. The standard InChI is InChI=1S/C24H25NO6S/c1-4-31-24(28)22-15(19-6-5-9-32-19)11-16-21(23(22)27)14(12-20(26)25-16)13-7-8-17(29-2)18(10-13)30-3/h5-10,14-15,22H,4,11-12H2,1-3H3,(H,25,26). The van der Waals surface area contributed by atoms with Crippen LogP contribution in [-0.2, 0) is 19.1 Å². The van der Waals surface area contributed by atoms with Gasteiger partial charge in [0.25, 0.3) is 0 Å². The predicted octanol–water partition coefficient (Wildman–Crippen LogP) is 3.56. The number of allylic oxidation sites excluding steroid dienone is 2. The van der Waals surface area contributed by atoms with E-state index in [9.17, 15) is 14.4 Å². The zero-order chi connectivity index (χ0) is 22.8. The van der Waals surface area contributed by atoms with Crippen LogP contribution in [0.25, 0.3) is 0 Å². The van der Waals surface area contributed by atoms with Gasteiger partial charge >= 0.3 is 5.97 Å². The summed E-state index contributed by atoms with van der Waals surface area (Å²) in [5.74, 6) is -1.69. The number of amides is 1. The lowest BCUT2D eigenvalue weighted by Gasteiger charge is -2.37. The lowest BCUT2D eigenvalue weighted by Crippen LogP contribution is -2.44. The van der Waals surface area contributed by atoms with Crippen molar-refractivity contribution >= 4 is 29.0 Å². The molecular formula is C24H25NO6S. The molecule has 1 aromatic carbocycles. The van der Waals surface area contributed by atoms with E-state index in [-0.39, 0.29) is 30.6 Å². The van der Waals surface area contributed by atoms with Crippen molar-refractivity contribution in [2.45, 2.75) is 31.6 Å². The van der Waals surface area contributed by atoms with Gasteiger partial charge in [-0.2, -0.15) is 0 Å². The van der Waals surface area contributed by atoms with Crippen LogP contribution in [0.3, 0.4) is 0 Å². The Bertz CT molecular complexity index is 1070.